The molecule has 0 atom stereocenters. The van der Waals surface area contributed by atoms with E-state index in [0.29, 0.717) is 11.5 Å². The molecule has 0 aliphatic carbocycles. The van der Waals surface area contributed by atoms with Gasteiger partial charge in [-0.25, -0.2) is 37.6 Å². The second-order valence-electron chi connectivity index (χ2n) is 16.1. The Balaban J connectivity index is 3.24. The lowest BCUT2D eigenvalue weighted by molar-refractivity contribution is -0.542. The van der Waals surface area contributed by atoms with Crippen LogP contribution in [0.3, 0.4) is 0 Å². The van der Waals surface area contributed by atoms with E-state index in [1.165, 1.54) is 28.3 Å². The summed E-state index contributed by atoms with van der Waals surface area (Å²) >= 11 is 2.69. The Morgan fingerprint density at radius 2 is 0.638 bits per heavy atom. The van der Waals surface area contributed by atoms with Crippen molar-refractivity contribution < 1.29 is 94.3 Å². The Bertz CT molecular complexity index is 1730. The molecule has 29 heteroatoms. The van der Waals surface area contributed by atoms with Crippen molar-refractivity contribution in [3.05, 3.63) is 31.5 Å². The predicted molar refractivity (Wildman–Crippen MR) is 223 cm³/mol. The van der Waals surface area contributed by atoms with E-state index in [9.17, 15) is 80.2 Å². The van der Waals surface area contributed by atoms with Gasteiger partial charge in [-0.2, -0.15) is 98.2 Å². The summed E-state index contributed by atoms with van der Waals surface area (Å²) in [6.45, 7) is -4.11. The van der Waals surface area contributed by atoms with Crippen molar-refractivity contribution >= 4 is 23.5 Å². The fourth-order valence-electron chi connectivity index (χ4n) is 6.37. The van der Waals surface area contributed by atoms with Crippen molar-refractivity contribution in [1.82, 2.24) is 13.7 Å². The lowest BCUT2D eigenvalue weighted by Gasteiger charge is -2.37. The van der Waals surface area contributed by atoms with E-state index in [0.717, 1.165) is 116 Å². The van der Waals surface area contributed by atoms with Crippen molar-refractivity contribution in [3.8, 4) is 0 Å². The van der Waals surface area contributed by atoms with Gasteiger partial charge in [-0.3, -0.25) is 0 Å². The molecule has 0 radical (unpaired) electrons. The molecular formula is C40H60F17N3O7S2. The van der Waals surface area contributed by atoms with E-state index in [1.807, 2.05) is 4.74 Å². The van der Waals surface area contributed by atoms with Gasteiger partial charge in [0.25, 0.3) is 0 Å². The molecule has 1 aromatic rings. The number of thioether (sulfide) groups is 2. The van der Waals surface area contributed by atoms with Crippen LogP contribution in [0.15, 0.2) is 14.4 Å². The van der Waals surface area contributed by atoms with Crippen molar-refractivity contribution in [3.63, 3.8) is 0 Å². The molecule has 0 spiro atoms. The first-order chi connectivity index (χ1) is 31.9. The Morgan fingerprint density at radius 3 is 0.971 bits per heavy atom. The van der Waals surface area contributed by atoms with Gasteiger partial charge in [0.15, 0.2) is 0 Å². The van der Waals surface area contributed by atoms with E-state index >= 15 is 8.78 Å². The molecule has 2 N–H and O–H groups in total. The summed E-state index contributed by atoms with van der Waals surface area (Å²) < 4.78 is 237. The third kappa shape index (κ3) is 19.9. The molecule has 0 aromatic carbocycles. The molecule has 0 amide bonds. The van der Waals surface area contributed by atoms with Crippen LogP contribution in [0.5, 0.6) is 0 Å². The first-order valence-corrected chi connectivity index (χ1v) is 24.6. The van der Waals surface area contributed by atoms with Crippen LogP contribution in [0.25, 0.3) is 0 Å². The summed E-state index contributed by atoms with van der Waals surface area (Å²) in [7, 11) is 0. The van der Waals surface area contributed by atoms with Crippen LogP contribution in [0.1, 0.15) is 128 Å². The van der Waals surface area contributed by atoms with Gasteiger partial charge in [0.1, 0.15) is 6.54 Å². The molecule has 1 aromatic heterocycles. The second kappa shape index (κ2) is 29.5. The fraction of sp³-hybridized carbons (Fsp3) is 0.925. The molecule has 0 fully saturated rings. The SMILES string of the molecule is O=c1n(CCCSCCCCCCCCCCCO)c(=O)n(CC(F)(F)C(F)(F)OC(F)(F)C(F)(F)C(F)(F)OC(F)(F)C(F)(F)C(F)(F)F)c(=O)n1CCCSCCCCCCCCCCCO. The predicted octanol–water partition coefficient (Wildman–Crippen LogP) is 11.3. The lowest BCUT2D eigenvalue weighted by Crippen LogP contribution is -2.65. The molecule has 0 bridgehead atoms. The Labute approximate surface area is 395 Å². The van der Waals surface area contributed by atoms with Crippen molar-refractivity contribution in [1.29, 1.82) is 0 Å². The van der Waals surface area contributed by atoms with Gasteiger partial charge in [0.2, 0.25) is 0 Å². The minimum Gasteiger partial charge on any atom is -0.396 e. The average molecular weight is 1080 g/mol. The lowest BCUT2D eigenvalue weighted by atomic mass is 10.1. The maximum Gasteiger partial charge on any atom is 0.462 e. The quantitative estimate of drug-likeness (QED) is 0.0488. The molecule has 1 rings (SSSR count). The molecular weight excluding hydrogens is 1020 g/mol. The summed E-state index contributed by atoms with van der Waals surface area (Å²) in [4.78, 5) is 39.9. The molecule has 10 nitrogen and oxygen atoms in total. The zero-order chi connectivity index (χ0) is 52.8. The molecule has 1 heterocycles. The zero-order valence-corrected chi connectivity index (χ0v) is 39.2. The summed E-state index contributed by atoms with van der Waals surface area (Å²) in [6, 6.07) is 0. The average Bonchev–Trinajstić information content (AvgIpc) is 3.23. The van der Waals surface area contributed by atoms with E-state index in [1.54, 1.807) is 0 Å². The number of rotatable bonds is 40. The minimum absolute atomic E-state index is 0.0768. The van der Waals surface area contributed by atoms with Crippen molar-refractivity contribution in [2.24, 2.45) is 0 Å². The molecule has 0 saturated heterocycles. The Morgan fingerprint density at radius 1 is 0.362 bits per heavy atom. The topological polar surface area (TPSA) is 125 Å². The second-order valence-corrected chi connectivity index (χ2v) is 18.6. The number of nitrogens with zero attached hydrogens (tertiary/aromatic N) is 3. The van der Waals surface area contributed by atoms with E-state index in [-0.39, 0.29) is 46.7 Å². The van der Waals surface area contributed by atoms with Gasteiger partial charge in [-0.15, -0.1) is 0 Å². The number of aliphatic hydroxyl groups excluding tert-OH is 2. The molecule has 408 valence electrons. The van der Waals surface area contributed by atoms with Gasteiger partial charge in [-0.1, -0.05) is 89.9 Å². The van der Waals surface area contributed by atoms with Gasteiger partial charge in [0, 0.05) is 26.3 Å². The molecule has 69 heavy (non-hydrogen) atoms. The third-order valence-corrected chi connectivity index (χ3v) is 12.7. The summed E-state index contributed by atoms with van der Waals surface area (Å²) in [6.07, 6.45) is -22.2. The largest absolute Gasteiger partial charge is 0.462 e. The van der Waals surface area contributed by atoms with Crippen LogP contribution in [-0.4, -0.2) is 109 Å². The first kappa shape index (κ1) is 64.8. The number of alkyl halides is 17. The van der Waals surface area contributed by atoms with E-state index < -0.39 is 89.6 Å². The number of unbranched alkanes of at least 4 members (excludes halogenated alkanes) is 16. The standard InChI is InChI=1S/C40H60F17N3O7S2/c41-33(42,37(50,51)66-39(54,55)35(45,46)40(56,57)67-38(52,53)34(43,44)36(47,48)49)29-60-31(64)58(21-19-27-68-25-17-13-9-5-1-3-7-11-15-23-61)30(63)59(32(60)65)22-20-28-69-26-18-14-10-6-2-4-8-12-16-24-62/h61-62H,1-29H2. The van der Waals surface area contributed by atoms with Crippen LogP contribution in [0, 0.1) is 0 Å². The monoisotopic (exact) mass is 1080 g/mol. The maximum atomic E-state index is 15.1. The maximum absolute atomic E-state index is 15.1. The molecule has 0 aliphatic heterocycles. The van der Waals surface area contributed by atoms with Gasteiger partial charge < -0.3 is 10.2 Å². The number of ether oxygens (including phenoxy) is 2. The highest BCUT2D eigenvalue weighted by atomic mass is 32.2. The van der Waals surface area contributed by atoms with Gasteiger partial charge >= 0.3 is 65.4 Å². The Kier molecular flexibility index (Phi) is 27.7. The summed E-state index contributed by atoms with van der Waals surface area (Å²) in [5, 5.41) is 17.6. The number of hydrogen-bond acceptors (Lipinski definition) is 9. The number of hydrogen-bond donors (Lipinski definition) is 2. The Hall–Kier alpha value is -2.24. The van der Waals surface area contributed by atoms with Crippen molar-refractivity contribution in [2.75, 3.05) is 36.2 Å². The summed E-state index contributed by atoms with van der Waals surface area (Å²) in [5.74, 6) is -20.9. The summed E-state index contributed by atoms with van der Waals surface area (Å²) in [5.41, 5.74) is -5.53. The number of aromatic nitrogens is 3. The highest BCUT2D eigenvalue weighted by molar-refractivity contribution is 7.99. The van der Waals surface area contributed by atoms with Crippen LogP contribution in [0.2, 0.25) is 0 Å². The highest BCUT2D eigenvalue weighted by Gasteiger charge is 2.83. The smallest absolute Gasteiger partial charge is 0.396 e. The van der Waals surface area contributed by atoms with E-state index in [4.69, 9.17) is 10.2 Å². The van der Waals surface area contributed by atoms with Crippen LogP contribution >= 0.6 is 23.5 Å². The minimum atomic E-state index is -8.17. The van der Waals surface area contributed by atoms with Crippen LogP contribution in [-0.2, 0) is 29.1 Å². The zero-order valence-electron chi connectivity index (χ0n) is 37.5. The van der Waals surface area contributed by atoms with Crippen molar-refractivity contribution in [2.45, 2.75) is 196 Å². The fourth-order valence-corrected chi connectivity index (χ4v) is 8.27. The third-order valence-electron chi connectivity index (χ3n) is 10.4. The highest BCUT2D eigenvalue weighted by Crippen LogP contribution is 2.55. The molecule has 0 unspecified atom stereocenters. The van der Waals surface area contributed by atoms with E-state index in [2.05, 4.69) is 0 Å². The van der Waals surface area contributed by atoms with Gasteiger partial charge in [-0.05, 0) is 61.5 Å². The van der Waals surface area contributed by atoms with Gasteiger partial charge in [0.05, 0.1) is 0 Å². The molecule has 0 aliphatic rings. The van der Waals surface area contributed by atoms with Crippen LogP contribution in [0.4, 0.5) is 74.6 Å². The normalized spacial score (nSPS) is 13.8. The van der Waals surface area contributed by atoms with Crippen LogP contribution < -0.4 is 17.1 Å². The number of aliphatic hydroxyl groups is 2. The molecule has 0 saturated carbocycles. The number of halogens is 17. The first-order valence-electron chi connectivity index (χ1n) is 22.3.